The highest BCUT2D eigenvalue weighted by Crippen LogP contribution is 2.23. The minimum atomic E-state index is -3.86. The van der Waals surface area contributed by atoms with Gasteiger partial charge in [0.2, 0.25) is 10.0 Å². The topological polar surface area (TPSA) is 98.5 Å². The van der Waals surface area contributed by atoms with Crippen LogP contribution >= 0.6 is 11.6 Å². The van der Waals surface area contributed by atoms with Crippen LogP contribution in [0.3, 0.4) is 0 Å². The van der Waals surface area contributed by atoms with Crippen molar-refractivity contribution in [1.29, 1.82) is 0 Å². The maximum Gasteiger partial charge on any atom is 0.337 e. The van der Waals surface area contributed by atoms with Gasteiger partial charge in [0.1, 0.15) is 4.90 Å². The largest absolute Gasteiger partial charge is 0.465 e. The summed E-state index contributed by atoms with van der Waals surface area (Å²) in [6.07, 6.45) is 0. The summed E-state index contributed by atoms with van der Waals surface area (Å²) in [6.45, 7) is 3.40. The third kappa shape index (κ3) is 4.45. The fraction of sp³-hybridized carbons (Fsp3) is 0.417. The van der Waals surface area contributed by atoms with E-state index >= 15 is 0 Å². The third-order valence-corrected chi connectivity index (χ3v) is 4.24. The molecular formula is C12H17ClN2O4S. The number of halogens is 1. The Morgan fingerprint density at radius 3 is 2.55 bits per heavy atom. The van der Waals surface area contributed by atoms with Gasteiger partial charge >= 0.3 is 5.97 Å². The average molecular weight is 321 g/mol. The second kappa shape index (κ2) is 6.09. The summed E-state index contributed by atoms with van der Waals surface area (Å²) < 4.78 is 31.2. The highest BCUT2D eigenvalue weighted by atomic mass is 35.5. The Labute approximate surface area is 123 Å². The second-order valence-electron chi connectivity index (χ2n) is 4.95. The molecule has 0 fully saturated rings. The summed E-state index contributed by atoms with van der Waals surface area (Å²) in [4.78, 5) is 11.2. The molecule has 8 heteroatoms. The molecule has 0 unspecified atom stereocenters. The zero-order chi connectivity index (χ0) is 15.6. The van der Waals surface area contributed by atoms with E-state index in [4.69, 9.17) is 17.3 Å². The summed E-state index contributed by atoms with van der Waals surface area (Å²) in [7, 11) is -2.65. The van der Waals surface area contributed by atoms with Gasteiger partial charge in [0.15, 0.2) is 0 Å². The van der Waals surface area contributed by atoms with Gasteiger partial charge in [0.25, 0.3) is 0 Å². The quantitative estimate of drug-likeness (QED) is 0.793. The van der Waals surface area contributed by atoms with Crippen molar-refractivity contribution >= 4 is 27.6 Å². The highest BCUT2D eigenvalue weighted by molar-refractivity contribution is 7.89. The van der Waals surface area contributed by atoms with E-state index in [0.29, 0.717) is 0 Å². The van der Waals surface area contributed by atoms with E-state index in [-0.39, 0.29) is 22.0 Å². The molecule has 0 atom stereocenters. The number of nitrogens with one attached hydrogen (secondary N) is 1. The van der Waals surface area contributed by atoms with Gasteiger partial charge in [-0.05, 0) is 32.0 Å². The van der Waals surface area contributed by atoms with E-state index in [1.807, 2.05) is 0 Å². The summed E-state index contributed by atoms with van der Waals surface area (Å²) >= 11 is 5.88. The van der Waals surface area contributed by atoms with Crippen molar-refractivity contribution in [2.45, 2.75) is 24.3 Å². The van der Waals surface area contributed by atoms with Crippen LogP contribution < -0.4 is 10.5 Å². The van der Waals surface area contributed by atoms with Crippen molar-refractivity contribution in [3.8, 4) is 0 Å². The molecule has 3 N–H and O–H groups in total. The number of carbonyl (C=O) groups excluding carboxylic acids is 1. The first-order valence-electron chi connectivity index (χ1n) is 5.73. The number of hydrogen-bond acceptors (Lipinski definition) is 5. The van der Waals surface area contributed by atoms with Crippen LogP contribution in [0.4, 0.5) is 0 Å². The molecule has 0 aliphatic carbocycles. The maximum absolute atomic E-state index is 12.2. The molecule has 0 saturated carbocycles. The van der Waals surface area contributed by atoms with Gasteiger partial charge in [-0.2, -0.15) is 0 Å². The van der Waals surface area contributed by atoms with E-state index in [2.05, 4.69) is 9.46 Å². The molecule has 6 nitrogen and oxygen atoms in total. The molecule has 0 bridgehead atoms. The number of benzene rings is 1. The molecule has 0 amide bonds. The number of sulfonamides is 1. The predicted octanol–water partition coefficient (Wildman–Crippen LogP) is 1.14. The smallest absolute Gasteiger partial charge is 0.337 e. The monoisotopic (exact) mass is 320 g/mol. The molecule has 0 aromatic heterocycles. The normalized spacial score (nSPS) is 12.2. The van der Waals surface area contributed by atoms with Crippen LogP contribution in [-0.2, 0) is 14.8 Å². The number of ether oxygens (including phenoxy) is 1. The first kappa shape index (κ1) is 16.9. The Balaban J connectivity index is 3.14. The highest BCUT2D eigenvalue weighted by Gasteiger charge is 2.22. The number of hydrogen-bond donors (Lipinski definition) is 2. The molecule has 1 rings (SSSR count). The minimum absolute atomic E-state index is 0.0139. The molecule has 0 spiro atoms. The lowest BCUT2D eigenvalue weighted by molar-refractivity contribution is 0.0600. The van der Waals surface area contributed by atoms with Gasteiger partial charge in [-0.25, -0.2) is 17.9 Å². The lowest BCUT2D eigenvalue weighted by atomic mass is 10.1. The summed E-state index contributed by atoms with van der Waals surface area (Å²) in [5.74, 6) is -0.641. The van der Waals surface area contributed by atoms with Crippen LogP contribution in [0.15, 0.2) is 23.1 Å². The SMILES string of the molecule is COC(=O)c1ccc(Cl)c(S(=O)(=O)NCC(C)(C)N)c1. The second-order valence-corrected chi connectivity index (χ2v) is 7.09. The maximum atomic E-state index is 12.2. The third-order valence-electron chi connectivity index (χ3n) is 2.36. The fourth-order valence-corrected chi connectivity index (χ4v) is 3.06. The fourth-order valence-electron chi connectivity index (χ4n) is 1.31. The summed E-state index contributed by atoms with van der Waals surface area (Å²) in [6, 6.07) is 3.88. The van der Waals surface area contributed by atoms with Crippen LogP contribution in [0.2, 0.25) is 5.02 Å². The van der Waals surface area contributed by atoms with Crippen LogP contribution in [0.5, 0.6) is 0 Å². The number of carbonyl (C=O) groups is 1. The van der Waals surface area contributed by atoms with Crippen LogP contribution in [0.1, 0.15) is 24.2 Å². The molecule has 0 aliphatic rings. The number of methoxy groups -OCH3 is 1. The predicted molar refractivity (Wildman–Crippen MR) is 76.2 cm³/mol. The van der Waals surface area contributed by atoms with E-state index in [9.17, 15) is 13.2 Å². The Morgan fingerprint density at radius 1 is 1.45 bits per heavy atom. The number of nitrogens with two attached hydrogens (primary N) is 1. The van der Waals surface area contributed by atoms with Gasteiger partial charge in [0, 0.05) is 12.1 Å². The lowest BCUT2D eigenvalue weighted by Crippen LogP contribution is -2.45. The molecule has 112 valence electrons. The minimum Gasteiger partial charge on any atom is -0.465 e. The zero-order valence-corrected chi connectivity index (χ0v) is 13.0. The molecule has 1 aromatic rings. The van der Waals surface area contributed by atoms with Crippen molar-refractivity contribution in [2.75, 3.05) is 13.7 Å². The molecule has 0 aliphatic heterocycles. The Hall–Kier alpha value is -1.15. The van der Waals surface area contributed by atoms with E-state index < -0.39 is 21.5 Å². The van der Waals surface area contributed by atoms with Crippen molar-refractivity contribution in [2.24, 2.45) is 5.73 Å². The van der Waals surface area contributed by atoms with Gasteiger partial charge < -0.3 is 10.5 Å². The summed E-state index contributed by atoms with van der Waals surface area (Å²) in [5.41, 5.74) is 5.12. The van der Waals surface area contributed by atoms with Gasteiger partial charge in [-0.3, -0.25) is 0 Å². The molecule has 0 radical (unpaired) electrons. The summed E-state index contributed by atoms with van der Waals surface area (Å²) in [5, 5.41) is 0.0139. The number of rotatable bonds is 5. The van der Waals surface area contributed by atoms with Gasteiger partial charge in [-0.1, -0.05) is 11.6 Å². The van der Waals surface area contributed by atoms with Gasteiger partial charge in [-0.15, -0.1) is 0 Å². The van der Waals surface area contributed by atoms with Crippen molar-refractivity contribution in [3.05, 3.63) is 28.8 Å². The van der Waals surface area contributed by atoms with Crippen LogP contribution in [0.25, 0.3) is 0 Å². The van der Waals surface area contributed by atoms with E-state index in [0.717, 1.165) is 0 Å². The first-order chi connectivity index (χ1) is 9.07. The Bertz CT molecular complexity index is 608. The molecule has 0 heterocycles. The lowest BCUT2D eigenvalue weighted by Gasteiger charge is -2.19. The molecule has 1 aromatic carbocycles. The average Bonchev–Trinajstić information content (AvgIpc) is 2.35. The zero-order valence-electron chi connectivity index (χ0n) is 11.4. The Kier molecular flexibility index (Phi) is 5.15. The van der Waals surface area contributed by atoms with Crippen LogP contribution in [-0.4, -0.2) is 33.6 Å². The molecular weight excluding hydrogens is 304 g/mol. The van der Waals surface area contributed by atoms with E-state index in [1.54, 1.807) is 13.8 Å². The Morgan fingerprint density at radius 2 is 2.05 bits per heavy atom. The number of esters is 1. The van der Waals surface area contributed by atoms with Gasteiger partial charge in [0.05, 0.1) is 17.7 Å². The van der Waals surface area contributed by atoms with Crippen molar-refractivity contribution in [3.63, 3.8) is 0 Å². The standard InChI is InChI=1S/C12H17ClN2O4S/c1-12(2,14)7-15-20(17,18)10-6-8(11(16)19-3)4-5-9(10)13/h4-6,15H,7,14H2,1-3H3. The van der Waals surface area contributed by atoms with Crippen molar-refractivity contribution in [1.82, 2.24) is 4.72 Å². The molecule has 20 heavy (non-hydrogen) atoms. The first-order valence-corrected chi connectivity index (χ1v) is 7.59. The van der Waals surface area contributed by atoms with E-state index in [1.165, 1.54) is 25.3 Å². The molecule has 0 saturated heterocycles. The van der Waals surface area contributed by atoms with Crippen molar-refractivity contribution < 1.29 is 17.9 Å². The van der Waals surface area contributed by atoms with Crippen LogP contribution in [0, 0.1) is 0 Å².